The van der Waals surface area contributed by atoms with Crippen LogP contribution in [0.25, 0.3) is 0 Å². The summed E-state index contributed by atoms with van der Waals surface area (Å²) in [4.78, 5) is 25.8. The monoisotopic (exact) mass is 340 g/mol. The van der Waals surface area contributed by atoms with Crippen LogP contribution in [-0.2, 0) is 0 Å². The van der Waals surface area contributed by atoms with Gasteiger partial charge in [-0.05, 0) is 50.1 Å². The zero-order chi connectivity index (χ0) is 17.8. The number of carbonyl (C=O) groups is 2. The van der Waals surface area contributed by atoms with E-state index in [-0.39, 0.29) is 23.5 Å². The highest BCUT2D eigenvalue weighted by atomic mass is 19.1. The first-order chi connectivity index (χ1) is 12.0. The minimum atomic E-state index is -0.278. The van der Waals surface area contributed by atoms with Crippen molar-refractivity contribution in [1.82, 2.24) is 4.90 Å². The number of amides is 1. The lowest BCUT2D eigenvalue weighted by atomic mass is 10.0. The molecular formula is C20H21FN2O2. The molecule has 1 fully saturated rings. The zero-order valence-electron chi connectivity index (χ0n) is 14.2. The highest BCUT2D eigenvalue weighted by Gasteiger charge is 2.24. The minimum absolute atomic E-state index is 0.0173. The lowest BCUT2D eigenvalue weighted by molar-refractivity contribution is 0.0714. The maximum atomic E-state index is 13.3. The van der Waals surface area contributed by atoms with Crippen LogP contribution in [0.15, 0.2) is 48.5 Å². The third-order valence-electron chi connectivity index (χ3n) is 4.44. The smallest absolute Gasteiger partial charge is 0.253 e. The van der Waals surface area contributed by atoms with Crippen LogP contribution in [0.5, 0.6) is 0 Å². The Morgan fingerprint density at radius 1 is 1.12 bits per heavy atom. The van der Waals surface area contributed by atoms with Gasteiger partial charge in [0, 0.05) is 35.9 Å². The van der Waals surface area contributed by atoms with Crippen LogP contribution in [0.2, 0.25) is 0 Å². The van der Waals surface area contributed by atoms with Gasteiger partial charge < -0.3 is 10.2 Å². The molecule has 0 aromatic heterocycles. The Labute approximate surface area is 146 Å². The molecule has 2 aromatic rings. The van der Waals surface area contributed by atoms with E-state index in [0.717, 1.165) is 18.5 Å². The number of halogens is 1. The molecule has 1 atom stereocenters. The topological polar surface area (TPSA) is 49.4 Å². The van der Waals surface area contributed by atoms with Gasteiger partial charge in [0.2, 0.25) is 0 Å². The Kier molecular flexibility index (Phi) is 5.12. The summed E-state index contributed by atoms with van der Waals surface area (Å²) < 4.78 is 13.3. The fourth-order valence-corrected chi connectivity index (χ4v) is 3.12. The Bertz CT molecular complexity index is 774. The second-order valence-electron chi connectivity index (χ2n) is 6.38. The van der Waals surface area contributed by atoms with E-state index in [4.69, 9.17) is 0 Å². The molecule has 130 valence electrons. The van der Waals surface area contributed by atoms with Crippen molar-refractivity contribution in [2.45, 2.75) is 25.8 Å². The molecule has 1 aliphatic rings. The number of Topliss-reactive ketones (excluding diaryl/α,β-unsaturated/α-hetero) is 1. The Balaban J connectivity index is 1.66. The van der Waals surface area contributed by atoms with Gasteiger partial charge in [-0.1, -0.05) is 18.2 Å². The van der Waals surface area contributed by atoms with Gasteiger partial charge in [0.15, 0.2) is 5.78 Å². The Morgan fingerprint density at radius 3 is 2.52 bits per heavy atom. The molecule has 25 heavy (non-hydrogen) atoms. The van der Waals surface area contributed by atoms with E-state index in [1.807, 2.05) is 11.0 Å². The number of hydrogen-bond donors (Lipinski definition) is 1. The standard InChI is InChI=1S/C20H21FN2O2/c1-14(24)15-7-9-16(10-8-15)20(25)23-11-3-6-19(13-23)22-18-5-2-4-17(21)12-18/h2,4-5,7-10,12,19,22H,3,6,11,13H2,1H3. The summed E-state index contributed by atoms with van der Waals surface area (Å²) in [5.74, 6) is -0.337. The quantitative estimate of drug-likeness (QED) is 0.863. The van der Waals surface area contributed by atoms with E-state index >= 15 is 0 Å². The Morgan fingerprint density at radius 2 is 1.84 bits per heavy atom. The van der Waals surface area contributed by atoms with Crippen LogP contribution >= 0.6 is 0 Å². The molecule has 0 spiro atoms. The largest absolute Gasteiger partial charge is 0.380 e. The lowest BCUT2D eigenvalue weighted by Gasteiger charge is -2.33. The molecule has 5 heteroatoms. The van der Waals surface area contributed by atoms with Gasteiger partial charge in [-0.2, -0.15) is 0 Å². The van der Waals surface area contributed by atoms with Crippen LogP contribution in [0, 0.1) is 5.82 Å². The van der Waals surface area contributed by atoms with E-state index in [0.29, 0.717) is 24.2 Å². The zero-order valence-corrected chi connectivity index (χ0v) is 14.2. The number of piperidine rings is 1. The molecule has 1 unspecified atom stereocenters. The highest BCUT2D eigenvalue weighted by molar-refractivity contribution is 5.97. The maximum Gasteiger partial charge on any atom is 0.253 e. The first kappa shape index (κ1) is 17.1. The van der Waals surface area contributed by atoms with E-state index in [1.165, 1.54) is 19.1 Å². The summed E-state index contributed by atoms with van der Waals surface area (Å²) in [6.07, 6.45) is 1.83. The van der Waals surface area contributed by atoms with Crippen molar-refractivity contribution in [2.75, 3.05) is 18.4 Å². The molecule has 2 aromatic carbocycles. The molecule has 1 saturated heterocycles. The van der Waals surface area contributed by atoms with Crippen molar-refractivity contribution in [3.8, 4) is 0 Å². The van der Waals surface area contributed by atoms with Crippen LogP contribution in [0.3, 0.4) is 0 Å². The summed E-state index contributed by atoms with van der Waals surface area (Å²) in [6.45, 7) is 2.78. The van der Waals surface area contributed by atoms with Gasteiger partial charge in [-0.15, -0.1) is 0 Å². The maximum absolute atomic E-state index is 13.3. The van der Waals surface area contributed by atoms with Crippen molar-refractivity contribution in [1.29, 1.82) is 0 Å². The van der Waals surface area contributed by atoms with E-state index in [2.05, 4.69) is 5.32 Å². The van der Waals surface area contributed by atoms with Crippen LogP contribution in [-0.4, -0.2) is 35.7 Å². The number of nitrogens with zero attached hydrogens (tertiary/aromatic N) is 1. The number of rotatable bonds is 4. The summed E-state index contributed by atoms with van der Waals surface area (Å²) in [5.41, 5.74) is 1.90. The second kappa shape index (κ2) is 7.47. The molecule has 1 N–H and O–H groups in total. The first-order valence-corrected chi connectivity index (χ1v) is 8.45. The van der Waals surface area contributed by atoms with Crippen molar-refractivity contribution in [3.05, 3.63) is 65.5 Å². The molecular weight excluding hydrogens is 319 g/mol. The number of carbonyl (C=O) groups excluding carboxylic acids is 2. The van der Waals surface area contributed by atoms with Crippen LogP contribution in [0.4, 0.5) is 10.1 Å². The molecule has 1 aliphatic heterocycles. The fraction of sp³-hybridized carbons (Fsp3) is 0.300. The van der Waals surface area contributed by atoms with Crippen molar-refractivity contribution < 1.29 is 14.0 Å². The molecule has 0 radical (unpaired) electrons. The molecule has 3 rings (SSSR count). The SMILES string of the molecule is CC(=O)c1ccc(C(=O)N2CCCC(Nc3cccc(F)c3)C2)cc1. The summed E-state index contributed by atoms with van der Waals surface area (Å²) in [5, 5.41) is 3.30. The predicted molar refractivity (Wildman–Crippen MR) is 95.4 cm³/mol. The second-order valence-corrected chi connectivity index (χ2v) is 6.38. The fourth-order valence-electron chi connectivity index (χ4n) is 3.12. The Hall–Kier alpha value is -2.69. The average Bonchev–Trinajstić information content (AvgIpc) is 2.61. The molecule has 4 nitrogen and oxygen atoms in total. The number of benzene rings is 2. The van der Waals surface area contributed by atoms with E-state index < -0.39 is 0 Å². The number of hydrogen-bond acceptors (Lipinski definition) is 3. The third kappa shape index (κ3) is 4.24. The summed E-state index contributed by atoms with van der Waals surface area (Å²) >= 11 is 0. The van der Waals surface area contributed by atoms with E-state index in [1.54, 1.807) is 30.3 Å². The average molecular weight is 340 g/mol. The number of nitrogens with one attached hydrogen (secondary N) is 1. The van der Waals surface area contributed by atoms with Gasteiger partial charge >= 0.3 is 0 Å². The van der Waals surface area contributed by atoms with Crippen molar-refractivity contribution >= 4 is 17.4 Å². The summed E-state index contributed by atoms with van der Waals surface area (Å²) in [6, 6.07) is 13.2. The molecule has 1 heterocycles. The van der Waals surface area contributed by atoms with Gasteiger partial charge in [0.1, 0.15) is 5.82 Å². The summed E-state index contributed by atoms with van der Waals surface area (Å²) in [7, 11) is 0. The van der Waals surface area contributed by atoms with Crippen LogP contribution < -0.4 is 5.32 Å². The van der Waals surface area contributed by atoms with E-state index in [9.17, 15) is 14.0 Å². The van der Waals surface area contributed by atoms with Gasteiger partial charge in [0.25, 0.3) is 5.91 Å². The number of likely N-dealkylation sites (tertiary alicyclic amines) is 1. The third-order valence-corrected chi connectivity index (χ3v) is 4.44. The lowest BCUT2D eigenvalue weighted by Crippen LogP contribution is -2.45. The van der Waals surface area contributed by atoms with Crippen molar-refractivity contribution in [3.63, 3.8) is 0 Å². The van der Waals surface area contributed by atoms with Gasteiger partial charge in [0.05, 0.1) is 0 Å². The first-order valence-electron chi connectivity index (χ1n) is 8.45. The molecule has 1 amide bonds. The number of anilines is 1. The molecule has 0 saturated carbocycles. The number of ketones is 1. The van der Waals surface area contributed by atoms with Gasteiger partial charge in [-0.25, -0.2) is 4.39 Å². The van der Waals surface area contributed by atoms with Crippen LogP contribution in [0.1, 0.15) is 40.5 Å². The molecule has 0 bridgehead atoms. The van der Waals surface area contributed by atoms with Crippen molar-refractivity contribution in [2.24, 2.45) is 0 Å². The highest BCUT2D eigenvalue weighted by Crippen LogP contribution is 2.19. The predicted octanol–water partition coefficient (Wildman–Crippen LogP) is 3.75. The minimum Gasteiger partial charge on any atom is -0.380 e. The normalized spacial score (nSPS) is 17.2. The molecule has 0 aliphatic carbocycles. The van der Waals surface area contributed by atoms with Gasteiger partial charge in [-0.3, -0.25) is 9.59 Å².